The summed E-state index contributed by atoms with van der Waals surface area (Å²) >= 11 is -2.88. The standard InChI is InChI=1S/C29H41.C21H14.C5H5.2ClH.Hf/c1-26(2,3)22-14-18-13-19-15-23(27(4,5)6)25(29(10,11)12)17-21(19)20(18)16-24(22)28(7,8)9;1-3-13-20-16(7-1)9-5-11-18(20)15-19-12-6-10-17-8-2-4-14-21(17)19;1-2-4-5-3-1;;;/h13-17H,1-12H3;1-14H;1-5H;2*1H;/q-1;;-1;;;+2/p-2. The third-order valence-corrected chi connectivity index (χ3v) is 17.5. The predicted octanol–water partition coefficient (Wildman–Crippen LogP) is 16.8. The number of hydrogen-bond acceptors (Lipinski definition) is 0. The second-order valence-electron chi connectivity index (χ2n) is 19.8. The summed E-state index contributed by atoms with van der Waals surface area (Å²) in [5, 5.41) is 10.4. The third kappa shape index (κ3) is 9.70. The second-order valence-corrected chi connectivity index (χ2v) is 31.2. The maximum Gasteiger partial charge on any atom is -0.172 e. The van der Waals surface area contributed by atoms with Gasteiger partial charge in [-0.05, 0) is 21.7 Å². The summed E-state index contributed by atoms with van der Waals surface area (Å²) in [7, 11) is 13.3. The molecular weight excluding hydrogens is 910 g/mol. The molecule has 0 amide bonds. The fraction of sp³-hybridized carbons (Fsp3) is 0.291. The van der Waals surface area contributed by atoms with Gasteiger partial charge in [0.25, 0.3) is 0 Å². The van der Waals surface area contributed by atoms with Crippen LogP contribution in [0.15, 0.2) is 146 Å². The van der Waals surface area contributed by atoms with Gasteiger partial charge in [0, 0.05) is 0 Å². The fourth-order valence-electron chi connectivity index (χ4n) is 8.14. The van der Waals surface area contributed by atoms with Crippen molar-refractivity contribution in [3.8, 4) is 0 Å². The van der Waals surface area contributed by atoms with Gasteiger partial charge in [-0.25, -0.2) is 12.1 Å². The normalized spacial score (nSPS) is 12.3. The zero-order valence-corrected chi connectivity index (χ0v) is 41.7. The van der Waals surface area contributed by atoms with E-state index >= 15 is 0 Å². The maximum atomic E-state index is 6.65. The zero-order valence-electron chi connectivity index (χ0n) is 36.6. The number of halogens is 2. The summed E-state index contributed by atoms with van der Waals surface area (Å²) < 4.78 is 1.16. The number of hydrogen-bond donors (Lipinski definition) is 0. The van der Waals surface area contributed by atoms with Crippen LogP contribution in [-0.2, 0) is 40.2 Å². The summed E-state index contributed by atoms with van der Waals surface area (Å²) in [6.07, 6.45) is 0. The fourth-order valence-corrected chi connectivity index (χ4v) is 14.5. The molecule has 0 aliphatic rings. The Balaban J connectivity index is 0.000000176. The van der Waals surface area contributed by atoms with E-state index in [1.807, 2.05) is 30.3 Å². The van der Waals surface area contributed by atoms with Crippen LogP contribution >= 0.6 is 17.2 Å². The van der Waals surface area contributed by atoms with E-state index < -0.39 is 18.6 Å². The van der Waals surface area contributed by atoms with Crippen LogP contribution in [0.1, 0.15) is 116 Å². The second kappa shape index (κ2) is 17.2. The van der Waals surface area contributed by atoms with E-state index in [4.69, 9.17) is 17.2 Å². The molecule has 0 radical (unpaired) electrons. The molecule has 3 heteroatoms. The molecule has 0 N–H and O–H groups in total. The van der Waals surface area contributed by atoms with Gasteiger partial charge in [0.1, 0.15) is 0 Å². The van der Waals surface area contributed by atoms with E-state index in [0.717, 1.165) is 3.26 Å². The molecule has 58 heavy (non-hydrogen) atoms. The zero-order chi connectivity index (χ0) is 42.2. The summed E-state index contributed by atoms with van der Waals surface area (Å²) in [6.45, 7) is 28.0. The van der Waals surface area contributed by atoms with E-state index in [1.54, 1.807) is 0 Å². The molecule has 0 fully saturated rings. The monoisotopic (exact) mass is 970 g/mol. The number of benzene rings is 6. The Morgan fingerprint density at radius 2 is 0.759 bits per heavy atom. The Bertz CT molecular complexity index is 2510. The van der Waals surface area contributed by atoms with Gasteiger partial charge in [-0.3, -0.25) is 0 Å². The van der Waals surface area contributed by atoms with Crippen LogP contribution in [0.2, 0.25) is 0 Å². The van der Waals surface area contributed by atoms with Crippen molar-refractivity contribution in [1.82, 2.24) is 0 Å². The van der Waals surface area contributed by atoms with Crippen molar-refractivity contribution in [3.63, 3.8) is 0 Å². The van der Waals surface area contributed by atoms with Crippen LogP contribution in [0.5, 0.6) is 0 Å². The predicted molar refractivity (Wildman–Crippen MR) is 257 cm³/mol. The first-order valence-electron chi connectivity index (χ1n) is 20.6. The largest absolute Gasteiger partial charge is 0.214 e. The Morgan fingerprint density at radius 3 is 1.09 bits per heavy atom. The van der Waals surface area contributed by atoms with Gasteiger partial charge < -0.3 is 0 Å². The molecule has 8 aromatic carbocycles. The van der Waals surface area contributed by atoms with Crippen molar-refractivity contribution in [2.45, 2.75) is 105 Å². The quantitative estimate of drug-likeness (QED) is 0.120. The minimum atomic E-state index is -2.88. The molecule has 0 aliphatic heterocycles. The molecule has 0 aromatic heterocycles. The van der Waals surface area contributed by atoms with Crippen molar-refractivity contribution in [2.75, 3.05) is 0 Å². The van der Waals surface area contributed by atoms with Crippen LogP contribution in [-0.4, -0.2) is 3.26 Å². The molecule has 0 heterocycles. The Hall–Kier alpha value is -3.62. The smallest absolute Gasteiger partial charge is 0.172 e. The number of fused-ring (bicyclic) bond motifs is 5. The summed E-state index contributed by atoms with van der Waals surface area (Å²) in [5.41, 5.74) is 8.76. The SMILES string of the molecule is CC(C)(C)c1cc2[cH-]c3cc(C(C)(C)C)c(C(C)(C)C)cc3c2cc1C(C)(C)C.[Cl][Hf]([Cl])=[C](c1cccc2ccccc12)c1cccc2ccccc12.c1cc[cH-]c1. The van der Waals surface area contributed by atoms with E-state index in [9.17, 15) is 0 Å². The van der Waals surface area contributed by atoms with Crippen molar-refractivity contribution >= 4 is 63.5 Å². The molecule has 0 saturated heterocycles. The molecule has 0 spiro atoms. The third-order valence-electron chi connectivity index (χ3n) is 11.1. The van der Waals surface area contributed by atoms with Crippen LogP contribution in [0.25, 0.3) is 43.1 Å². The van der Waals surface area contributed by atoms with Gasteiger partial charge in [-0.15, -0.1) is 39.7 Å². The topological polar surface area (TPSA) is 0 Å². The van der Waals surface area contributed by atoms with E-state index in [0.29, 0.717) is 0 Å². The van der Waals surface area contributed by atoms with Gasteiger partial charge in [0.05, 0.1) is 0 Å². The summed E-state index contributed by atoms with van der Waals surface area (Å²) in [4.78, 5) is 0. The van der Waals surface area contributed by atoms with E-state index in [-0.39, 0.29) is 21.7 Å². The molecule has 0 aliphatic carbocycles. The van der Waals surface area contributed by atoms with Crippen molar-refractivity contribution in [3.05, 3.63) is 179 Å². The first-order chi connectivity index (χ1) is 27.2. The Kier molecular flexibility index (Phi) is 13.0. The molecule has 8 aromatic rings. The first kappa shape index (κ1) is 43.9. The first-order valence-corrected chi connectivity index (χ1v) is 31.3. The van der Waals surface area contributed by atoms with Gasteiger partial charge in [0.2, 0.25) is 0 Å². The van der Waals surface area contributed by atoms with Crippen LogP contribution in [0, 0.1) is 0 Å². The summed E-state index contributed by atoms with van der Waals surface area (Å²) in [6, 6.07) is 51.9. The molecule has 0 unspecified atom stereocenters. The minimum Gasteiger partial charge on any atom is -0.214 e. The van der Waals surface area contributed by atoms with E-state index in [2.05, 4.69) is 198 Å². The maximum absolute atomic E-state index is 6.65. The average Bonchev–Trinajstić information content (AvgIpc) is 3.85. The summed E-state index contributed by atoms with van der Waals surface area (Å²) in [5.74, 6) is 0. The van der Waals surface area contributed by atoms with Gasteiger partial charge in [0.15, 0.2) is 0 Å². The van der Waals surface area contributed by atoms with Crippen LogP contribution in [0.3, 0.4) is 0 Å². The Labute approximate surface area is 363 Å². The molecule has 300 valence electrons. The molecule has 0 nitrogen and oxygen atoms in total. The van der Waals surface area contributed by atoms with Crippen LogP contribution in [0.4, 0.5) is 0 Å². The minimum absolute atomic E-state index is 0.124. The van der Waals surface area contributed by atoms with Crippen molar-refractivity contribution < 1.29 is 18.6 Å². The molecular formula is C55H60Cl2Hf-2. The van der Waals surface area contributed by atoms with Crippen molar-refractivity contribution in [1.29, 1.82) is 0 Å². The van der Waals surface area contributed by atoms with Gasteiger partial charge in [-0.2, -0.15) is 18.2 Å². The molecule has 0 atom stereocenters. The molecule has 8 rings (SSSR count). The van der Waals surface area contributed by atoms with Gasteiger partial charge in [-0.1, -0.05) is 117 Å². The van der Waals surface area contributed by atoms with Crippen LogP contribution < -0.4 is 0 Å². The number of rotatable bonds is 2. The average molecular weight is 970 g/mol. The van der Waals surface area contributed by atoms with E-state index in [1.165, 1.54) is 76.5 Å². The molecule has 0 saturated carbocycles. The molecule has 0 bridgehead atoms. The Morgan fingerprint density at radius 1 is 0.414 bits per heavy atom. The van der Waals surface area contributed by atoms with Gasteiger partial charge >= 0.3 is 157 Å². The van der Waals surface area contributed by atoms with Crippen molar-refractivity contribution in [2.24, 2.45) is 0 Å².